The molecule has 0 atom stereocenters. The van der Waals surface area contributed by atoms with Gasteiger partial charge in [-0.05, 0) is 34.1 Å². The van der Waals surface area contributed by atoms with Gasteiger partial charge in [-0.3, -0.25) is 0 Å². The van der Waals surface area contributed by atoms with Crippen LogP contribution in [-0.4, -0.2) is 0 Å². The average Bonchev–Trinajstić information content (AvgIpc) is 2.34. The van der Waals surface area contributed by atoms with Crippen LogP contribution in [0, 0.1) is 5.82 Å². The summed E-state index contributed by atoms with van der Waals surface area (Å²) in [5.41, 5.74) is 11.3. The van der Waals surface area contributed by atoms with E-state index in [9.17, 15) is 4.39 Å². The second kappa shape index (κ2) is 5.04. The zero-order valence-corrected chi connectivity index (χ0v) is 11.4. The van der Waals surface area contributed by atoms with Gasteiger partial charge in [-0.25, -0.2) is 4.39 Å². The number of ether oxygens (including phenoxy) is 1. The molecule has 6 heteroatoms. The first-order chi connectivity index (χ1) is 8.50. The molecule has 0 fully saturated rings. The van der Waals surface area contributed by atoms with Crippen LogP contribution < -0.4 is 16.2 Å². The normalized spacial score (nSPS) is 10.4. The Morgan fingerprint density at radius 2 is 1.83 bits per heavy atom. The fourth-order valence-electron chi connectivity index (χ4n) is 1.39. The molecule has 94 valence electrons. The lowest BCUT2D eigenvalue weighted by molar-refractivity contribution is 0.443. The number of nitrogens with two attached hydrogens (primary N) is 2. The van der Waals surface area contributed by atoms with Crippen molar-refractivity contribution in [1.82, 2.24) is 0 Å². The molecule has 0 saturated carbocycles. The molecule has 0 aliphatic carbocycles. The van der Waals surface area contributed by atoms with Crippen molar-refractivity contribution in [1.29, 1.82) is 0 Å². The van der Waals surface area contributed by atoms with Crippen LogP contribution in [0.1, 0.15) is 0 Å². The summed E-state index contributed by atoms with van der Waals surface area (Å²) in [5.74, 6) is -0.477. The minimum Gasteiger partial charge on any atom is -0.451 e. The molecule has 0 aliphatic heterocycles. The van der Waals surface area contributed by atoms with E-state index >= 15 is 0 Å². The van der Waals surface area contributed by atoms with Crippen LogP contribution in [0.25, 0.3) is 0 Å². The first kappa shape index (κ1) is 13.0. The maximum Gasteiger partial charge on any atom is 0.188 e. The van der Waals surface area contributed by atoms with E-state index in [1.165, 1.54) is 6.07 Å². The highest BCUT2D eigenvalue weighted by Gasteiger charge is 2.17. The molecule has 3 nitrogen and oxygen atoms in total. The number of nitrogen functional groups attached to an aromatic ring is 2. The minimum atomic E-state index is -0.773. The molecule has 2 aromatic rings. The van der Waals surface area contributed by atoms with E-state index < -0.39 is 5.82 Å². The van der Waals surface area contributed by atoms with Crippen molar-refractivity contribution in [3.8, 4) is 11.5 Å². The molecular weight excluding hydrogens is 322 g/mol. The fraction of sp³-hybridized carbons (Fsp3) is 0. The van der Waals surface area contributed by atoms with E-state index in [0.29, 0.717) is 10.2 Å². The number of hydrogen-bond donors (Lipinski definition) is 2. The van der Waals surface area contributed by atoms with Crippen molar-refractivity contribution >= 4 is 38.9 Å². The van der Waals surface area contributed by atoms with Gasteiger partial charge in [-0.1, -0.05) is 23.7 Å². The SMILES string of the molecule is Nc1cc(N)c(Oc2ccccc2Br)c(F)c1Cl. The Morgan fingerprint density at radius 1 is 1.17 bits per heavy atom. The summed E-state index contributed by atoms with van der Waals surface area (Å²) in [6.45, 7) is 0. The summed E-state index contributed by atoms with van der Waals surface area (Å²) < 4.78 is 20.0. The molecular formula is C12H9BrClFN2O. The lowest BCUT2D eigenvalue weighted by Crippen LogP contribution is -1.99. The van der Waals surface area contributed by atoms with Gasteiger partial charge in [0.25, 0.3) is 0 Å². The van der Waals surface area contributed by atoms with Crippen molar-refractivity contribution < 1.29 is 9.13 Å². The Balaban J connectivity index is 2.47. The minimum absolute atomic E-state index is 0.0751. The summed E-state index contributed by atoms with van der Waals surface area (Å²) in [7, 11) is 0. The Morgan fingerprint density at radius 3 is 2.50 bits per heavy atom. The fourth-order valence-corrected chi connectivity index (χ4v) is 1.90. The van der Waals surface area contributed by atoms with E-state index in [-0.39, 0.29) is 22.1 Å². The molecule has 0 unspecified atom stereocenters. The molecule has 0 spiro atoms. The molecule has 2 aromatic carbocycles. The smallest absolute Gasteiger partial charge is 0.188 e. The van der Waals surface area contributed by atoms with E-state index in [2.05, 4.69) is 15.9 Å². The summed E-state index contributed by atoms with van der Waals surface area (Å²) >= 11 is 9.00. The van der Waals surface area contributed by atoms with E-state index in [4.69, 9.17) is 27.8 Å². The molecule has 0 radical (unpaired) electrons. The standard InChI is InChI=1S/C12H9BrClFN2O/c13-6-3-1-2-4-9(6)18-12-8(17)5-7(16)10(14)11(12)15/h1-5H,16-17H2. The van der Waals surface area contributed by atoms with Crippen LogP contribution in [0.15, 0.2) is 34.8 Å². The molecule has 18 heavy (non-hydrogen) atoms. The Kier molecular flexibility index (Phi) is 3.63. The monoisotopic (exact) mass is 330 g/mol. The predicted molar refractivity (Wildman–Crippen MR) is 74.5 cm³/mol. The first-order valence-corrected chi connectivity index (χ1v) is 6.13. The number of hydrogen-bond acceptors (Lipinski definition) is 3. The van der Waals surface area contributed by atoms with Gasteiger partial charge in [0.15, 0.2) is 11.6 Å². The highest BCUT2D eigenvalue weighted by Crippen LogP contribution is 2.39. The van der Waals surface area contributed by atoms with Crippen LogP contribution in [0.5, 0.6) is 11.5 Å². The number of rotatable bonds is 2. The van der Waals surface area contributed by atoms with Crippen LogP contribution in [0.3, 0.4) is 0 Å². The second-order valence-electron chi connectivity index (χ2n) is 3.54. The molecule has 0 heterocycles. The highest BCUT2D eigenvalue weighted by atomic mass is 79.9. The van der Waals surface area contributed by atoms with Gasteiger partial charge in [-0.15, -0.1) is 0 Å². The molecule has 0 saturated heterocycles. The van der Waals surface area contributed by atoms with Gasteiger partial charge < -0.3 is 16.2 Å². The van der Waals surface area contributed by atoms with Crippen molar-refractivity contribution in [3.63, 3.8) is 0 Å². The average molecular weight is 332 g/mol. The van der Waals surface area contributed by atoms with Crippen LogP contribution in [-0.2, 0) is 0 Å². The third-order valence-corrected chi connectivity index (χ3v) is 3.31. The van der Waals surface area contributed by atoms with Gasteiger partial charge >= 0.3 is 0 Å². The zero-order chi connectivity index (χ0) is 13.3. The Labute approximate surface area is 117 Å². The van der Waals surface area contributed by atoms with E-state index in [0.717, 1.165) is 0 Å². The van der Waals surface area contributed by atoms with E-state index in [1.807, 2.05) is 6.07 Å². The Bertz CT molecular complexity index is 607. The van der Waals surface area contributed by atoms with Gasteiger partial charge in [0.05, 0.1) is 15.8 Å². The molecule has 0 aliphatic rings. The molecule has 0 amide bonds. The van der Waals surface area contributed by atoms with Gasteiger partial charge in [0, 0.05) is 0 Å². The maximum atomic E-state index is 13.9. The molecule has 0 aromatic heterocycles. The lowest BCUT2D eigenvalue weighted by Gasteiger charge is -2.12. The number of halogens is 3. The van der Waals surface area contributed by atoms with Crippen LogP contribution in [0.2, 0.25) is 5.02 Å². The molecule has 4 N–H and O–H groups in total. The zero-order valence-electron chi connectivity index (χ0n) is 9.08. The third kappa shape index (κ3) is 2.37. The largest absolute Gasteiger partial charge is 0.451 e. The summed E-state index contributed by atoms with van der Waals surface area (Å²) in [6.07, 6.45) is 0. The number of benzene rings is 2. The summed E-state index contributed by atoms with van der Waals surface area (Å²) in [6, 6.07) is 8.37. The maximum absolute atomic E-state index is 13.9. The van der Waals surface area contributed by atoms with Gasteiger partial charge in [0.1, 0.15) is 10.8 Å². The van der Waals surface area contributed by atoms with Gasteiger partial charge in [0.2, 0.25) is 0 Å². The van der Waals surface area contributed by atoms with Gasteiger partial charge in [-0.2, -0.15) is 0 Å². The van der Waals surface area contributed by atoms with E-state index in [1.54, 1.807) is 18.2 Å². The summed E-state index contributed by atoms with van der Waals surface area (Å²) in [5, 5.41) is -0.203. The number of para-hydroxylation sites is 1. The molecule has 0 bridgehead atoms. The predicted octanol–water partition coefficient (Wildman–Crippen LogP) is 4.20. The van der Waals surface area contributed by atoms with Crippen LogP contribution in [0.4, 0.5) is 15.8 Å². The van der Waals surface area contributed by atoms with Crippen molar-refractivity contribution in [2.75, 3.05) is 11.5 Å². The highest BCUT2D eigenvalue weighted by molar-refractivity contribution is 9.10. The first-order valence-electron chi connectivity index (χ1n) is 4.96. The topological polar surface area (TPSA) is 61.3 Å². The second-order valence-corrected chi connectivity index (χ2v) is 4.78. The van der Waals surface area contributed by atoms with Crippen molar-refractivity contribution in [2.45, 2.75) is 0 Å². The number of anilines is 2. The third-order valence-electron chi connectivity index (χ3n) is 2.27. The molecule has 2 rings (SSSR count). The van der Waals surface area contributed by atoms with Crippen LogP contribution >= 0.6 is 27.5 Å². The lowest BCUT2D eigenvalue weighted by atomic mass is 10.2. The summed E-state index contributed by atoms with van der Waals surface area (Å²) in [4.78, 5) is 0. The Hall–Kier alpha value is -1.46. The van der Waals surface area contributed by atoms with Crippen molar-refractivity contribution in [2.24, 2.45) is 0 Å². The quantitative estimate of drug-likeness (QED) is 0.811. The van der Waals surface area contributed by atoms with Crippen molar-refractivity contribution in [3.05, 3.63) is 45.6 Å².